The highest BCUT2D eigenvalue weighted by molar-refractivity contribution is 7.99. The first-order valence-corrected chi connectivity index (χ1v) is 41.6. The normalized spacial score (nSPS) is 12.1. The number of unbranched alkanes of at least 4 members (excludes halogenated alkanes) is 10. The molecule has 1 aliphatic rings. The van der Waals surface area contributed by atoms with Crippen molar-refractivity contribution < 1.29 is 22.7 Å². The number of nitrogens with zero attached hydrogens (tertiary/aromatic N) is 4. The third kappa shape index (κ3) is 16.6. The molecule has 0 radical (unpaired) electrons. The first-order valence-electron chi connectivity index (χ1n) is 37.1. The minimum atomic E-state index is -2.96. The van der Waals surface area contributed by atoms with E-state index in [4.69, 9.17) is 22.7 Å². The molecule has 15 rings (SSSR count). The third-order valence-electron chi connectivity index (χ3n) is 20.1. The summed E-state index contributed by atoms with van der Waals surface area (Å²) in [6.07, 6.45) is 24.6. The summed E-state index contributed by atoms with van der Waals surface area (Å²) >= 11 is -2.15. The number of aryl methyl sites for hydroxylation is 2. The molecule has 14 aromatic rings. The predicted molar refractivity (Wildman–Crippen MR) is 432 cm³/mol. The van der Waals surface area contributed by atoms with E-state index in [-0.39, 0.29) is 5.41 Å². The van der Waals surface area contributed by atoms with Crippen LogP contribution in [0.3, 0.4) is 0 Å². The second-order valence-corrected chi connectivity index (χ2v) is 32.2. The van der Waals surface area contributed by atoms with E-state index < -0.39 is 30.3 Å². The predicted octanol–water partition coefficient (Wildman–Crippen LogP) is 24.9. The lowest BCUT2D eigenvalue weighted by Crippen LogP contribution is -2.37. The number of pyridine rings is 4. The van der Waals surface area contributed by atoms with Crippen molar-refractivity contribution in [2.75, 3.05) is 0 Å². The highest BCUT2D eigenvalue weighted by Crippen LogP contribution is 2.57. The summed E-state index contributed by atoms with van der Waals surface area (Å²) in [5.74, 6) is 3.75. The number of para-hydroxylation sites is 4. The number of fused-ring (bicyclic) bond motifs is 7. The van der Waals surface area contributed by atoms with Crippen molar-refractivity contribution in [2.24, 2.45) is 0 Å². The van der Waals surface area contributed by atoms with Gasteiger partial charge < -0.3 is 22.7 Å². The van der Waals surface area contributed by atoms with Crippen LogP contribution in [0.15, 0.2) is 287 Å². The SMILES string of the molecule is CCCCCCCCC1(CCCCCCCC)c2cc(Sc3ccc(-c4ccc([O][Al]([O]c5cccc6cccnc56)[O]c5cccc6cccnc56)cc4)cc3)c(C)cc2-c2cc(C)c(Sc3ccc(-c4ccc([O][Al]([O]c5cccc6cccnc56)[O]c5cccc6cccnc56)cc4)cc3)cc21. The van der Waals surface area contributed by atoms with Crippen LogP contribution in [0.5, 0.6) is 34.5 Å². The van der Waals surface area contributed by atoms with Gasteiger partial charge in [-0.3, -0.25) is 19.9 Å². The minimum Gasteiger partial charge on any atom is -0.577 e. The molecule has 1 aliphatic carbocycles. The van der Waals surface area contributed by atoms with Gasteiger partial charge in [-0.05, 0) is 204 Å². The van der Waals surface area contributed by atoms with Gasteiger partial charge in [0.1, 0.15) is 45.1 Å². The number of hydrogen-bond acceptors (Lipinski definition) is 12. The highest BCUT2D eigenvalue weighted by Gasteiger charge is 2.47. The molecule has 0 bridgehead atoms. The van der Waals surface area contributed by atoms with Gasteiger partial charge in [0.05, 0.1) is 11.5 Å². The van der Waals surface area contributed by atoms with Gasteiger partial charge in [0.2, 0.25) is 0 Å². The maximum atomic E-state index is 6.68. The Bertz CT molecular complexity index is 4810. The average Bonchev–Trinajstić information content (AvgIpc) is 1.56. The maximum Gasteiger partial charge on any atom is 1.20 e. The molecule has 4 heterocycles. The zero-order valence-corrected chi connectivity index (χ0v) is 64.0. The molecule has 522 valence electrons. The molecule has 0 saturated heterocycles. The molecule has 0 atom stereocenters. The van der Waals surface area contributed by atoms with Gasteiger partial charge in [-0.15, -0.1) is 0 Å². The molecule has 0 amide bonds. The molecule has 0 N–H and O–H groups in total. The summed E-state index contributed by atoms with van der Waals surface area (Å²) in [7, 11) is 0. The molecule has 0 spiro atoms. The number of hydrogen-bond donors (Lipinski definition) is 0. The second-order valence-electron chi connectivity index (χ2n) is 27.4. The van der Waals surface area contributed by atoms with Crippen molar-refractivity contribution in [1.82, 2.24) is 19.9 Å². The van der Waals surface area contributed by atoms with Crippen molar-refractivity contribution >= 4 is 97.4 Å². The Hall–Kier alpha value is -9.60. The van der Waals surface area contributed by atoms with Gasteiger partial charge in [-0.25, -0.2) is 0 Å². The van der Waals surface area contributed by atoms with E-state index in [0.717, 1.165) is 78.7 Å². The Morgan fingerprint density at radius 3 is 0.933 bits per heavy atom. The summed E-state index contributed by atoms with van der Waals surface area (Å²) in [5, 5.41) is 3.90. The molecule has 10 nitrogen and oxygen atoms in total. The Kier molecular flexibility index (Phi) is 22.8. The van der Waals surface area contributed by atoms with Crippen LogP contribution >= 0.6 is 23.5 Å². The molecule has 0 unspecified atom stereocenters. The van der Waals surface area contributed by atoms with E-state index >= 15 is 0 Å². The van der Waals surface area contributed by atoms with Crippen LogP contribution in [0, 0.1) is 13.8 Å². The first kappa shape index (κ1) is 71.0. The fourth-order valence-corrected chi connectivity index (χ4v) is 19.1. The smallest absolute Gasteiger partial charge is 0.577 e. The Morgan fingerprint density at radius 1 is 0.314 bits per heavy atom. The quantitative estimate of drug-likeness (QED) is 0.0296. The summed E-state index contributed by atoms with van der Waals surface area (Å²) in [6, 6.07) is 84.3. The fraction of sp³-hybridized carbons (Fsp3) is 0.209. The highest BCUT2D eigenvalue weighted by atomic mass is 32.2. The van der Waals surface area contributed by atoms with Gasteiger partial charge in [-0.1, -0.05) is 236 Å². The van der Waals surface area contributed by atoms with E-state index in [0.29, 0.717) is 34.5 Å². The topological polar surface area (TPSA) is 107 Å². The number of rotatable bonds is 32. The van der Waals surface area contributed by atoms with Crippen molar-refractivity contribution in [3.05, 3.63) is 290 Å². The molecular weight excluding hydrogens is 1360 g/mol. The average molecular weight is 1450 g/mol. The lowest BCUT2D eigenvalue weighted by atomic mass is 9.70. The molecule has 0 aliphatic heterocycles. The summed E-state index contributed by atoms with van der Waals surface area (Å²) in [5.41, 5.74) is 15.8. The van der Waals surface area contributed by atoms with Gasteiger partial charge in [0.25, 0.3) is 0 Å². The lowest BCUT2D eigenvalue weighted by molar-refractivity contribution is 0.309. The van der Waals surface area contributed by atoms with Gasteiger partial charge in [0, 0.05) is 71.3 Å². The van der Waals surface area contributed by atoms with E-state index in [2.05, 4.69) is 145 Å². The van der Waals surface area contributed by atoms with E-state index in [9.17, 15) is 0 Å². The van der Waals surface area contributed by atoms with Gasteiger partial charge in [0.15, 0.2) is 0 Å². The lowest BCUT2D eigenvalue weighted by Gasteiger charge is -2.34. The maximum absolute atomic E-state index is 6.68. The van der Waals surface area contributed by atoms with Crippen molar-refractivity contribution in [3.63, 3.8) is 0 Å². The molecule has 14 heteroatoms. The molecule has 4 aromatic heterocycles. The molecule has 0 fully saturated rings. The van der Waals surface area contributed by atoms with Crippen molar-refractivity contribution in [3.8, 4) is 67.9 Å². The summed E-state index contributed by atoms with van der Waals surface area (Å²) in [4.78, 5) is 23.7. The molecular formula is C91H84Al2N4O6S2. The third-order valence-corrected chi connectivity index (χ3v) is 25.2. The summed E-state index contributed by atoms with van der Waals surface area (Å²) < 4.78 is 40.0. The van der Waals surface area contributed by atoms with Crippen LogP contribution in [0.2, 0.25) is 0 Å². The van der Waals surface area contributed by atoms with Crippen LogP contribution in [0.4, 0.5) is 0 Å². The van der Waals surface area contributed by atoms with Gasteiger partial charge in [-0.2, -0.15) is 0 Å². The van der Waals surface area contributed by atoms with Crippen molar-refractivity contribution in [2.45, 2.75) is 143 Å². The van der Waals surface area contributed by atoms with Crippen LogP contribution in [-0.2, 0) is 5.41 Å². The number of benzene rings is 10. The molecule has 0 saturated carbocycles. The minimum absolute atomic E-state index is 0.103. The zero-order valence-electron chi connectivity index (χ0n) is 60.0. The fourth-order valence-electron chi connectivity index (χ4n) is 14.7. The molecule has 105 heavy (non-hydrogen) atoms. The summed E-state index contributed by atoms with van der Waals surface area (Å²) in [6.45, 7) is 9.25. The largest absolute Gasteiger partial charge is 1.20 e. The molecule has 10 aromatic carbocycles. The Morgan fingerprint density at radius 2 is 0.610 bits per heavy atom. The van der Waals surface area contributed by atoms with Crippen LogP contribution < -0.4 is 22.7 Å². The van der Waals surface area contributed by atoms with E-state index in [1.807, 2.05) is 169 Å². The van der Waals surface area contributed by atoms with Crippen LogP contribution in [0.1, 0.15) is 126 Å². The van der Waals surface area contributed by atoms with Crippen molar-refractivity contribution in [1.29, 1.82) is 0 Å². The first-order chi connectivity index (χ1) is 51.7. The van der Waals surface area contributed by atoms with Crippen LogP contribution in [0.25, 0.3) is 77.0 Å². The standard InChI is InChI=1S/C55H62O2S2.4C9H7NO.2Al/c1-5-7-9-11-13-15-33-55(34-16-14-12-10-8-6-2)51-37-53(58-47-29-21-43(22-30-47)41-17-25-45(56)26-18-41)39(3)35-49(51)50-36-40(4)54(38-52(50)55)59-48-31-23-44(24-32-48)42-19-27-46(57)28-20-42;4*11-8-5-1-3-7-4-2-6-10-9(7)8;;/h17-32,35-38,56-57H,5-16,33-34H2,1-4H3;4*1-6,11H;;/q;;;;;2*+3/p-6. The monoisotopic (exact) mass is 1450 g/mol. The Balaban J connectivity index is 0.668. The number of aromatic nitrogens is 4. The van der Waals surface area contributed by atoms with Crippen LogP contribution in [-0.4, -0.2) is 50.2 Å². The second kappa shape index (κ2) is 33.7. The Labute approximate surface area is 635 Å². The van der Waals surface area contributed by atoms with E-state index in [1.54, 1.807) is 24.8 Å². The van der Waals surface area contributed by atoms with E-state index in [1.165, 1.54) is 130 Å². The zero-order chi connectivity index (χ0) is 71.3. The van der Waals surface area contributed by atoms with Gasteiger partial charge >= 0.3 is 30.3 Å².